The molecule has 0 bridgehead atoms. The number of nitrogens with one attached hydrogen (secondary N) is 1. The molecule has 4 rings (SSSR count). The molecule has 0 radical (unpaired) electrons. The lowest BCUT2D eigenvalue weighted by Crippen LogP contribution is -2.28. The number of furan rings is 1. The Hall–Kier alpha value is -2.38. The van der Waals surface area contributed by atoms with Crippen LogP contribution in [0.1, 0.15) is 10.8 Å². The van der Waals surface area contributed by atoms with Crippen LogP contribution in [0.15, 0.2) is 40.3 Å². The van der Waals surface area contributed by atoms with E-state index in [-0.39, 0.29) is 12.5 Å². The van der Waals surface area contributed by atoms with Crippen molar-refractivity contribution in [1.29, 1.82) is 0 Å². The van der Waals surface area contributed by atoms with Gasteiger partial charge in [-0.15, -0.1) is 22.7 Å². The van der Waals surface area contributed by atoms with Gasteiger partial charge in [-0.05, 0) is 30.5 Å². The highest BCUT2D eigenvalue weighted by Crippen LogP contribution is 2.38. The number of aromatic nitrogens is 1. The molecule has 0 saturated heterocycles. The third-order valence-electron chi connectivity index (χ3n) is 3.57. The maximum atomic E-state index is 12.0. The number of ether oxygens (including phenoxy) is 1. The molecule has 0 unspecified atom stereocenters. The van der Waals surface area contributed by atoms with Crippen LogP contribution in [0, 0.1) is 6.92 Å². The Morgan fingerprint density at radius 1 is 1.42 bits per heavy atom. The van der Waals surface area contributed by atoms with Crippen LogP contribution in [0.3, 0.4) is 0 Å². The first-order valence-electron chi connectivity index (χ1n) is 7.40. The average Bonchev–Trinajstić information content (AvgIpc) is 3.29. The van der Waals surface area contributed by atoms with Gasteiger partial charge in [0.25, 0.3) is 5.91 Å². The number of thiophene rings is 1. The van der Waals surface area contributed by atoms with E-state index in [1.807, 2.05) is 30.5 Å². The Bertz CT molecular complexity index is 1000. The van der Waals surface area contributed by atoms with Gasteiger partial charge in [0.15, 0.2) is 6.61 Å². The van der Waals surface area contributed by atoms with Crippen LogP contribution < -0.4 is 10.1 Å². The Kier molecular flexibility index (Phi) is 3.95. The minimum Gasteiger partial charge on any atom is -0.483 e. The summed E-state index contributed by atoms with van der Waals surface area (Å²) in [6.45, 7) is 2.32. The van der Waals surface area contributed by atoms with E-state index in [0.29, 0.717) is 12.3 Å². The molecule has 3 heterocycles. The summed E-state index contributed by atoms with van der Waals surface area (Å²) in [7, 11) is 0. The second-order valence-corrected chi connectivity index (χ2v) is 7.41. The van der Waals surface area contributed by atoms with Crippen molar-refractivity contribution in [2.45, 2.75) is 13.5 Å². The van der Waals surface area contributed by atoms with Gasteiger partial charge in [0.05, 0.1) is 32.7 Å². The zero-order valence-corrected chi connectivity index (χ0v) is 14.5. The van der Waals surface area contributed by atoms with Crippen molar-refractivity contribution >= 4 is 48.9 Å². The number of hydrogen-bond donors (Lipinski definition) is 1. The summed E-state index contributed by atoms with van der Waals surface area (Å²) in [5, 5.41) is 6.81. The maximum absolute atomic E-state index is 12.0. The predicted molar refractivity (Wildman–Crippen MR) is 95.8 cm³/mol. The summed E-state index contributed by atoms with van der Waals surface area (Å²) in [5.74, 6) is 1.25. The summed E-state index contributed by atoms with van der Waals surface area (Å²) in [6.07, 6.45) is 1.58. The molecule has 0 fully saturated rings. The minimum atomic E-state index is -0.185. The fourth-order valence-electron chi connectivity index (χ4n) is 2.50. The van der Waals surface area contributed by atoms with Gasteiger partial charge < -0.3 is 14.5 Å². The molecule has 0 aliphatic heterocycles. The molecular weight excluding hydrogens is 344 g/mol. The van der Waals surface area contributed by atoms with Crippen LogP contribution in [-0.2, 0) is 11.3 Å². The van der Waals surface area contributed by atoms with Gasteiger partial charge in [-0.2, -0.15) is 0 Å². The standard InChI is InChI=1S/C17H14N2O3S2/c1-10-19-16-14(24-10)7-13(12-4-6-23-17(12)16)22-9-15(20)18-8-11-3-2-5-21-11/h2-7H,8-9H2,1H3,(H,18,20). The Labute approximate surface area is 145 Å². The molecule has 122 valence electrons. The van der Waals surface area contributed by atoms with Crippen LogP contribution >= 0.6 is 22.7 Å². The van der Waals surface area contributed by atoms with Gasteiger partial charge >= 0.3 is 0 Å². The lowest BCUT2D eigenvalue weighted by atomic mass is 10.2. The van der Waals surface area contributed by atoms with E-state index in [9.17, 15) is 4.79 Å². The van der Waals surface area contributed by atoms with Crippen molar-refractivity contribution in [3.8, 4) is 5.75 Å². The molecule has 7 heteroatoms. The number of nitrogens with zero attached hydrogens (tertiary/aromatic N) is 1. The topological polar surface area (TPSA) is 64.4 Å². The van der Waals surface area contributed by atoms with E-state index in [1.54, 1.807) is 35.0 Å². The molecule has 0 atom stereocenters. The second kappa shape index (κ2) is 6.26. The van der Waals surface area contributed by atoms with E-state index in [4.69, 9.17) is 9.15 Å². The zero-order chi connectivity index (χ0) is 16.5. The molecule has 0 aliphatic carbocycles. The minimum absolute atomic E-state index is 0.0328. The van der Waals surface area contributed by atoms with Gasteiger partial charge in [0.1, 0.15) is 11.5 Å². The van der Waals surface area contributed by atoms with Crippen LogP contribution in [-0.4, -0.2) is 17.5 Å². The van der Waals surface area contributed by atoms with Crippen molar-refractivity contribution in [2.75, 3.05) is 6.61 Å². The number of amides is 1. The van der Waals surface area contributed by atoms with Crippen molar-refractivity contribution in [1.82, 2.24) is 10.3 Å². The molecule has 0 aliphatic rings. The van der Waals surface area contributed by atoms with Crippen LogP contribution in [0.2, 0.25) is 0 Å². The van der Waals surface area contributed by atoms with Gasteiger partial charge in [-0.1, -0.05) is 0 Å². The molecule has 5 nitrogen and oxygen atoms in total. The third kappa shape index (κ3) is 2.88. The van der Waals surface area contributed by atoms with E-state index in [2.05, 4.69) is 10.3 Å². The highest BCUT2D eigenvalue weighted by atomic mass is 32.1. The van der Waals surface area contributed by atoms with Gasteiger partial charge in [0.2, 0.25) is 0 Å². The lowest BCUT2D eigenvalue weighted by molar-refractivity contribution is -0.123. The molecule has 1 aromatic carbocycles. The van der Waals surface area contributed by atoms with Crippen LogP contribution in [0.25, 0.3) is 20.3 Å². The molecule has 0 spiro atoms. The number of benzene rings is 1. The van der Waals surface area contributed by atoms with Crippen molar-refractivity contribution in [3.05, 3.63) is 46.7 Å². The highest BCUT2D eigenvalue weighted by molar-refractivity contribution is 7.21. The lowest BCUT2D eigenvalue weighted by Gasteiger charge is -2.08. The first kappa shape index (κ1) is 15.2. The second-order valence-electron chi connectivity index (χ2n) is 5.26. The van der Waals surface area contributed by atoms with Gasteiger partial charge in [0, 0.05) is 11.5 Å². The first-order chi connectivity index (χ1) is 11.7. The number of rotatable bonds is 5. The Morgan fingerprint density at radius 2 is 2.33 bits per heavy atom. The average molecular weight is 358 g/mol. The predicted octanol–water partition coefficient (Wildman–Crippen LogP) is 4.11. The number of hydrogen-bond acceptors (Lipinski definition) is 6. The fourth-order valence-corrected chi connectivity index (χ4v) is 4.33. The van der Waals surface area contributed by atoms with E-state index < -0.39 is 0 Å². The van der Waals surface area contributed by atoms with Crippen LogP contribution in [0.5, 0.6) is 5.75 Å². The van der Waals surface area contributed by atoms with Gasteiger partial charge in [-0.25, -0.2) is 4.98 Å². The number of thiazole rings is 1. The van der Waals surface area contributed by atoms with Crippen LogP contribution in [0.4, 0.5) is 0 Å². The molecule has 1 N–H and O–H groups in total. The van der Waals surface area contributed by atoms with Crippen molar-refractivity contribution < 1.29 is 13.9 Å². The number of carbonyl (C=O) groups excluding carboxylic acids is 1. The summed E-state index contributed by atoms with van der Waals surface area (Å²) in [6, 6.07) is 7.58. The Balaban J connectivity index is 1.51. The fraction of sp³-hybridized carbons (Fsp3) is 0.176. The zero-order valence-electron chi connectivity index (χ0n) is 12.9. The smallest absolute Gasteiger partial charge is 0.258 e. The summed E-state index contributed by atoms with van der Waals surface area (Å²) < 4.78 is 13.1. The molecule has 24 heavy (non-hydrogen) atoms. The summed E-state index contributed by atoms with van der Waals surface area (Å²) in [5.41, 5.74) is 1.01. The monoisotopic (exact) mass is 358 g/mol. The number of fused-ring (bicyclic) bond motifs is 3. The molecule has 4 aromatic rings. The summed E-state index contributed by atoms with van der Waals surface area (Å²) >= 11 is 3.27. The molecular formula is C17H14N2O3S2. The number of aryl methyl sites for hydroxylation is 1. The van der Waals surface area contributed by atoms with E-state index in [1.165, 1.54) is 0 Å². The Morgan fingerprint density at radius 3 is 3.17 bits per heavy atom. The third-order valence-corrected chi connectivity index (χ3v) is 5.41. The first-order valence-corrected chi connectivity index (χ1v) is 9.09. The largest absolute Gasteiger partial charge is 0.483 e. The maximum Gasteiger partial charge on any atom is 0.258 e. The SMILES string of the molecule is Cc1nc2c(cc(OCC(=O)NCc3ccco3)c3ccsc32)s1. The van der Waals surface area contributed by atoms with Crippen molar-refractivity contribution in [3.63, 3.8) is 0 Å². The molecule has 3 aromatic heterocycles. The van der Waals surface area contributed by atoms with E-state index >= 15 is 0 Å². The van der Waals surface area contributed by atoms with E-state index in [0.717, 1.165) is 31.1 Å². The number of carbonyl (C=O) groups is 1. The molecule has 0 saturated carbocycles. The summed E-state index contributed by atoms with van der Waals surface area (Å²) in [4.78, 5) is 16.6. The highest BCUT2D eigenvalue weighted by Gasteiger charge is 2.13. The quantitative estimate of drug-likeness (QED) is 0.583. The molecule has 1 amide bonds. The normalized spacial score (nSPS) is 11.2. The van der Waals surface area contributed by atoms with Gasteiger partial charge in [-0.3, -0.25) is 4.79 Å². The van der Waals surface area contributed by atoms with Crippen molar-refractivity contribution in [2.24, 2.45) is 0 Å².